The van der Waals surface area contributed by atoms with E-state index in [0.29, 0.717) is 17.6 Å². The second-order valence-electron chi connectivity index (χ2n) is 6.99. The Bertz CT molecular complexity index is 700. The molecular formula is C18H22N4O. The van der Waals surface area contributed by atoms with Crippen LogP contribution in [0.1, 0.15) is 49.7 Å². The maximum absolute atomic E-state index is 12.3. The maximum atomic E-state index is 12.3. The molecule has 2 N–H and O–H groups in total. The second kappa shape index (κ2) is 5.99. The first kappa shape index (κ1) is 15.5. The number of carbonyl (C=O) groups is 1. The van der Waals surface area contributed by atoms with Crippen LogP contribution in [0.2, 0.25) is 0 Å². The number of nitrogens with zero attached hydrogens (tertiary/aromatic N) is 2. The zero-order valence-corrected chi connectivity index (χ0v) is 13.8. The van der Waals surface area contributed by atoms with Gasteiger partial charge in [0.1, 0.15) is 17.8 Å². The Balaban J connectivity index is 1.68. The minimum Gasteiger partial charge on any atom is -0.367 e. The Morgan fingerprint density at radius 3 is 2.43 bits per heavy atom. The zero-order valence-electron chi connectivity index (χ0n) is 13.8. The molecule has 0 bridgehead atoms. The fourth-order valence-electron chi connectivity index (χ4n) is 2.25. The first-order valence-corrected chi connectivity index (χ1v) is 7.92. The van der Waals surface area contributed by atoms with Crippen molar-refractivity contribution in [3.8, 4) is 0 Å². The van der Waals surface area contributed by atoms with Gasteiger partial charge >= 0.3 is 0 Å². The van der Waals surface area contributed by atoms with Crippen LogP contribution in [0.25, 0.3) is 0 Å². The van der Waals surface area contributed by atoms with Crippen LogP contribution < -0.4 is 10.6 Å². The van der Waals surface area contributed by atoms with Crippen LogP contribution in [0.4, 0.5) is 11.5 Å². The lowest BCUT2D eigenvalue weighted by Gasteiger charge is -2.19. The van der Waals surface area contributed by atoms with Gasteiger partial charge in [-0.1, -0.05) is 32.9 Å². The molecule has 23 heavy (non-hydrogen) atoms. The van der Waals surface area contributed by atoms with Crippen molar-refractivity contribution >= 4 is 17.4 Å². The predicted octanol–water partition coefficient (Wildman–Crippen LogP) is 3.60. The Hall–Kier alpha value is -2.43. The lowest BCUT2D eigenvalue weighted by Crippen LogP contribution is -2.15. The Morgan fingerprint density at radius 2 is 1.83 bits per heavy atom. The Morgan fingerprint density at radius 1 is 1.13 bits per heavy atom. The lowest BCUT2D eigenvalue weighted by atomic mass is 9.87. The van der Waals surface area contributed by atoms with E-state index in [1.165, 1.54) is 11.9 Å². The topological polar surface area (TPSA) is 66.9 Å². The normalized spacial score (nSPS) is 14.4. The van der Waals surface area contributed by atoms with E-state index in [1.807, 2.05) is 24.3 Å². The molecule has 1 saturated carbocycles. The van der Waals surface area contributed by atoms with E-state index >= 15 is 0 Å². The molecule has 0 unspecified atom stereocenters. The standard InChI is InChI=1S/C18H22N4O/c1-18(2,3)12-4-6-14(7-5-12)22-17(23)15-10-16(20-11-19-15)21-13-8-9-13/h4-7,10-11,13H,8-9H2,1-3H3,(H,22,23)(H,19,20,21). The molecule has 3 rings (SSSR count). The fraction of sp³-hybridized carbons (Fsp3) is 0.389. The summed E-state index contributed by atoms with van der Waals surface area (Å²) in [4.78, 5) is 20.5. The average Bonchev–Trinajstić information content (AvgIpc) is 3.31. The molecule has 1 aromatic carbocycles. The van der Waals surface area contributed by atoms with Gasteiger partial charge in [-0.2, -0.15) is 0 Å². The third kappa shape index (κ3) is 4.06. The summed E-state index contributed by atoms with van der Waals surface area (Å²) >= 11 is 0. The van der Waals surface area contributed by atoms with Gasteiger partial charge in [-0.15, -0.1) is 0 Å². The molecule has 1 fully saturated rings. The van der Waals surface area contributed by atoms with Crippen LogP contribution in [0.3, 0.4) is 0 Å². The molecule has 5 nitrogen and oxygen atoms in total. The highest BCUT2D eigenvalue weighted by Crippen LogP contribution is 2.24. The first-order valence-electron chi connectivity index (χ1n) is 7.92. The third-order valence-corrected chi connectivity index (χ3v) is 3.84. The number of nitrogens with one attached hydrogen (secondary N) is 2. The van der Waals surface area contributed by atoms with Gasteiger partial charge in [0, 0.05) is 17.8 Å². The molecule has 1 aromatic heterocycles. The fourth-order valence-corrected chi connectivity index (χ4v) is 2.25. The molecule has 1 heterocycles. The SMILES string of the molecule is CC(C)(C)c1ccc(NC(=O)c2cc(NC3CC3)ncn2)cc1. The molecule has 1 aliphatic carbocycles. The van der Waals surface area contributed by atoms with Gasteiger partial charge in [0.15, 0.2) is 0 Å². The molecule has 0 aliphatic heterocycles. The van der Waals surface area contributed by atoms with E-state index in [2.05, 4.69) is 41.4 Å². The Kier molecular flexibility index (Phi) is 4.03. The number of benzene rings is 1. The van der Waals surface area contributed by atoms with E-state index in [0.717, 1.165) is 18.5 Å². The van der Waals surface area contributed by atoms with Crippen molar-refractivity contribution in [3.63, 3.8) is 0 Å². The van der Waals surface area contributed by atoms with Gasteiger partial charge in [-0.3, -0.25) is 4.79 Å². The van der Waals surface area contributed by atoms with Gasteiger partial charge < -0.3 is 10.6 Å². The number of anilines is 2. The molecular weight excluding hydrogens is 288 g/mol. The van der Waals surface area contributed by atoms with Crippen molar-refractivity contribution in [3.05, 3.63) is 47.9 Å². The number of rotatable bonds is 4. The highest BCUT2D eigenvalue weighted by atomic mass is 16.1. The summed E-state index contributed by atoms with van der Waals surface area (Å²) in [7, 11) is 0. The summed E-state index contributed by atoms with van der Waals surface area (Å²) in [5.41, 5.74) is 2.45. The molecule has 0 saturated heterocycles. The largest absolute Gasteiger partial charge is 0.367 e. The van der Waals surface area contributed by atoms with Crippen LogP contribution in [0.5, 0.6) is 0 Å². The smallest absolute Gasteiger partial charge is 0.274 e. The molecule has 1 aliphatic rings. The number of hydrogen-bond donors (Lipinski definition) is 2. The number of aromatic nitrogens is 2. The maximum Gasteiger partial charge on any atom is 0.274 e. The predicted molar refractivity (Wildman–Crippen MR) is 91.8 cm³/mol. The highest BCUT2D eigenvalue weighted by molar-refractivity contribution is 6.03. The van der Waals surface area contributed by atoms with Crippen molar-refractivity contribution in [1.82, 2.24) is 9.97 Å². The van der Waals surface area contributed by atoms with Crippen LogP contribution in [-0.4, -0.2) is 21.9 Å². The van der Waals surface area contributed by atoms with Crippen molar-refractivity contribution in [1.29, 1.82) is 0 Å². The lowest BCUT2D eigenvalue weighted by molar-refractivity contribution is 0.102. The minimum atomic E-state index is -0.227. The van der Waals surface area contributed by atoms with E-state index in [-0.39, 0.29) is 11.3 Å². The van der Waals surface area contributed by atoms with Crippen LogP contribution in [0.15, 0.2) is 36.7 Å². The second-order valence-corrected chi connectivity index (χ2v) is 6.99. The Labute approximate surface area is 136 Å². The van der Waals surface area contributed by atoms with E-state index < -0.39 is 0 Å². The molecule has 0 atom stereocenters. The van der Waals surface area contributed by atoms with Gasteiger partial charge in [-0.25, -0.2) is 9.97 Å². The highest BCUT2D eigenvalue weighted by Gasteiger charge is 2.22. The van der Waals surface area contributed by atoms with E-state index in [9.17, 15) is 4.79 Å². The number of amides is 1. The monoisotopic (exact) mass is 310 g/mol. The zero-order chi connectivity index (χ0) is 16.4. The summed E-state index contributed by atoms with van der Waals surface area (Å²) in [6, 6.07) is 10.1. The quantitative estimate of drug-likeness (QED) is 0.905. The van der Waals surface area contributed by atoms with Crippen LogP contribution in [0, 0.1) is 0 Å². The van der Waals surface area contributed by atoms with Gasteiger partial charge in [0.05, 0.1) is 0 Å². The summed E-state index contributed by atoms with van der Waals surface area (Å²) in [5.74, 6) is 0.477. The molecule has 120 valence electrons. The average molecular weight is 310 g/mol. The molecule has 5 heteroatoms. The first-order chi connectivity index (χ1) is 10.9. The summed E-state index contributed by atoms with van der Waals surface area (Å²) in [6.45, 7) is 6.49. The van der Waals surface area contributed by atoms with E-state index in [1.54, 1.807) is 6.07 Å². The summed E-state index contributed by atoms with van der Waals surface area (Å²) in [6.07, 6.45) is 3.74. The van der Waals surface area contributed by atoms with Crippen molar-refractivity contribution in [2.75, 3.05) is 10.6 Å². The van der Waals surface area contributed by atoms with Crippen LogP contribution >= 0.6 is 0 Å². The van der Waals surface area contributed by atoms with Gasteiger partial charge in [0.25, 0.3) is 5.91 Å². The number of hydrogen-bond acceptors (Lipinski definition) is 4. The molecule has 0 spiro atoms. The summed E-state index contributed by atoms with van der Waals surface area (Å²) < 4.78 is 0. The van der Waals surface area contributed by atoms with Crippen LogP contribution in [-0.2, 0) is 5.41 Å². The summed E-state index contributed by atoms with van der Waals surface area (Å²) in [5, 5.41) is 6.14. The molecule has 1 amide bonds. The molecule has 0 radical (unpaired) electrons. The van der Waals surface area contributed by atoms with E-state index in [4.69, 9.17) is 0 Å². The van der Waals surface area contributed by atoms with Crippen molar-refractivity contribution in [2.45, 2.75) is 45.1 Å². The van der Waals surface area contributed by atoms with Crippen molar-refractivity contribution < 1.29 is 4.79 Å². The molecule has 2 aromatic rings. The van der Waals surface area contributed by atoms with Gasteiger partial charge in [0.2, 0.25) is 0 Å². The third-order valence-electron chi connectivity index (χ3n) is 3.84. The number of carbonyl (C=O) groups excluding carboxylic acids is 1. The van der Waals surface area contributed by atoms with Gasteiger partial charge in [-0.05, 0) is 36.0 Å². The minimum absolute atomic E-state index is 0.0958. The van der Waals surface area contributed by atoms with Crippen molar-refractivity contribution in [2.24, 2.45) is 0 Å².